The molecule has 0 unspecified atom stereocenters. The van der Waals surface area contributed by atoms with E-state index in [0.717, 1.165) is 16.9 Å². The van der Waals surface area contributed by atoms with E-state index in [0.29, 0.717) is 11.1 Å². The van der Waals surface area contributed by atoms with Gasteiger partial charge in [0.1, 0.15) is 5.75 Å². The Kier molecular flexibility index (Phi) is 3.79. The molecule has 0 saturated carbocycles. The lowest BCUT2D eigenvalue weighted by atomic mass is 10.0. The van der Waals surface area contributed by atoms with Crippen molar-refractivity contribution >= 4 is 0 Å². The van der Waals surface area contributed by atoms with E-state index in [9.17, 15) is 4.79 Å². The molecule has 3 nitrogen and oxygen atoms in total. The Bertz CT molecular complexity index is 834. The zero-order chi connectivity index (χ0) is 15.5. The van der Waals surface area contributed by atoms with Crippen LogP contribution in [0.5, 0.6) is 5.75 Å². The molecule has 0 bridgehead atoms. The summed E-state index contributed by atoms with van der Waals surface area (Å²) < 4.78 is 7.09. The number of hydrogen-bond donors (Lipinski definition) is 0. The molecule has 0 radical (unpaired) electrons. The van der Waals surface area contributed by atoms with Crippen LogP contribution in [0.25, 0.3) is 22.3 Å². The monoisotopic (exact) mass is 291 g/mol. The number of rotatable bonds is 3. The summed E-state index contributed by atoms with van der Waals surface area (Å²) in [4.78, 5) is 12.8. The predicted octanol–water partition coefficient (Wildman–Crippen LogP) is 3.73. The molecule has 110 valence electrons. The number of nitrogens with zero attached hydrogens (tertiary/aromatic N) is 1. The zero-order valence-corrected chi connectivity index (χ0v) is 12.6. The van der Waals surface area contributed by atoms with Gasteiger partial charge in [-0.2, -0.15) is 0 Å². The SMILES string of the molecule is COc1ccc(-c2cn(C)cc(-c3ccccc3)c2=O)cc1. The average molecular weight is 291 g/mol. The smallest absolute Gasteiger partial charge is 0.197 e. The minimum Gasteiger partial charge on any atom is -0.497 e. The van der Waals surface area contributed by atoms with Gasteiger partial charge in [0.05, 0.1) is 7.11 Å². The Hall–Kier alpha value is -2.81. The van der Waals surface area contributed by atoms with Gasteiger partial charge in [-0.05, 0) is 23.3 Å². The van der Waals surface area contributed by atoms with Gasteiger partial charge in [-0.25, -0.2) is 0 Å². The fourth-order valence-electron chi connectivity index (χ4n) is 2.51. The molecule has 0 saturated heterocycles. The quantitative estimate of drug-likeness (QED) is 0.736. The van der Waals surface area contributed by atoms with Gasteiger partial charge < -0.3 is 9.30 Å². The molecule has 0 aliphatic carbocycles. The molecular formula is C19H17NO2. The second-order valence-electron chi connectivity index (χ2n) is 5.17. The molecule has 22 heavy (non-hydrogen) atoms. The van der Waals surface area contributed by atoms with Crippen molar-refractivity contribution in [3.8, 4) is 28.0 Å². The predicted molar refractivity (Wildman–Crippen MR) is 89.1 cm³/mol. The summed E-state index contributed by atoms with van der Waals surface area (Å²) in [5.41, 5.74) is 3.25. The van der Waals surface area contributed by atoms with Crippen molar-refractivity contribution in [2.45, 2.75) is 0 Å². The summed E-state index contributed by atoms with van der Waals surface area (Å²) in [6, 6.07) is 17.3. The molecule has 0 atom stereocenters. The lowest BCUT2D eigenvalue weighted by Crippen LogP contribution is -2.11. The van der Waals surface area contributed by atoms with Crippen molar-refractivity contribution in [2.75, 3.05) is 7.11 Å². The fraction of sp³-hybridized carbons (Fsp3) is 0.105. The van der Waals surface area contributed by atoms with Crippen LogP contribution in [-0.2, 0) is 7.05 Å². The first-order chi connectivity index (χ1) is 10.7. The van der Waals surface area contributed by atoms with E-state index in [2.05, 4.69) is 0 Å². The highest BCUT2D eigenvalue weighted by molar-refractivity contribution is 5.72. The van der Waals surface area contributed by atoms with E-state index in [1.165, 1.54) is 0 Å². The topological polar surface area (TPSA) is 31.2 Å². The third kappa shape index (κ3) is 2.66. The molecule has 0 aliphatic rings. The Labute approximate surface area is 129 Å². The number of aryl methyl sites for hydroxylation is 1. The largest absolute Gasteiger partial charge is 0.497 e. The molecule has 1 heterocycles. The lowest BCUT2D eigenvalue weighted by Gasteiger charge is -2.09. The molecule has 3 heteroatoms. The highest BCUT2D eigenvalue weighted by Crippen LogP contribution is 2.22. The Morgan fingerprint density at radius 1 is 0.818 bits per heavy atom. The Morgan fingerprint density at radius 2 is 1.36 bits per heavy atom. The molecule has 0 spiro atoms. The number of hydrogen-bond acceptors (Lipinski definition) is 2. The van der Waals surface area contributed by atoms with Gasteiger partial charge in [-0.15, -0.1) is 0 Å². The summed E-state index contributed by atoms with van der Waals surface area (Å²) in [7, 11) is 3.56. The van der Waals surface area contributed by atoms with Crippen LogP contribution in [0.4, 0.5) is 0 Å². The summed E-state index contributed by atoms with van der Waals surface area (Å²) >= 11 is 0. The van der Waals surface area contributed by atoms with Crippen LogP contribution in [0.3, 0.4) is 0 Å². The third-order valence-corrected chi connectivity index (χ3v) is 3.64. The molecule has 0 fully saturated rings. The van der Waals surface area contributed by atoms with Crippen LogP contribution < -0.4 is 10.2 Å². The Morgan fingerprint density at radius 3 is 1.91 bits per heavy atom. The van der Waals surface area contributed by atoms with E-state index >= 15 is 0 Å². The van der Waals surface area contributed by atoms with E-state index in [4.69, 9.17) is 4.74 Å². The Balaban J connectivity index is 2.16. The number of pyridine rings is 1. The maximum absolute atomic E-state index is 12.8. The van der Waals surface area contributed by atoms with E-state index in [-0.39, 0.29) is 5.43 Å². The second-order valence-corrected chi connectivity index (χ2v) is 5.17. The highest BCUT2D eigenvalue weighted by Gasteiger charge is 2.10. The van der Waals surface area contributed by atoms with Crippen molar-refractivity contribution in [2.24, 2.45) is 7.05 Å². The highest BCUT2D eigenvalue weighted by atomic mass is 16.5. The van der Waals surface area contributed by atoms with Crippen molar-refractivity contribution in [1.82, 2.24) is 4.57 Å². The van der Waals surface area contributed by atoms with Crippen LogP contribution in [0, 0.1) is 0 Å². The summed E-state index contributed by atoms with van der Waals surface area (Å²) in [6.45, 7) is 0. The van der Waals surface area contributed by atoms with E-state index < -0.39 is 0 Å². The van der Waals surface area contributed by atoms with Crippen molar-refractivity contribution in [3.63, 3.8) is 0 Å². The maximum atomic E-state index is 12.8. The van der Waals surface area contributed by atoms with Crippen LogP contribution in [-0.4, -0.2) is 11.7 Å². The summed E-state index contributed by atoms with van der Waals surface area (Å²) in [6.07, 6.45) is 3.72. The molecule has 0 amide bonds. The molecule has 0 N–H and O–H groups in total. The molecule has 2 aromatic carbocycles. The third-order valence-electron chi connectivity index (χ3n) is 3.64. The summed E-state index contributed by atoms with van der Waals surface area (Å²) in [5.74, 6) is 0.778. The number of ether oxygens (including phenoxy) is 1. The standard InChI is InChI=1S/C19H17NO2/c1-20-12-17(14-6-4-3-5-7-14)19(21)18(13-20)15-8-10-16(22-2)11-9-15/h3-13H,1-2H3. The zero-order valence-electron chi connectivity index (χ0n) is 12.6. The first-order valence-corrected chi connectivity index (χ1v) is 7.09. The first-order valence-electron chi connectivity index (χ1n) is 7.09. The van der Waals surface area contributed by atoms with Crippen LogP contribution in [0.15, 0.2) is 71.8 Å². The fourth-order valence-corrected chi connectivity index (χ4v) is 2.51. The molecule has 1 aromatic heterocycles. The van der Waals surface area contributed by atoms with Crippen molar-refractivity contribution in [3.05, 3.63) is 77.2 Å². The van der Waals surface area contributed by atoms with Gasteiger partial charge >= 0.3 is 0 Å². The van der Waals surface area contributed by atoms with Gasteiger partial charge in [-0.3, -0.25) is 4.79 Å². The maximum Gasteiger partial charge on any atom is 0.197 e. The molecule has 3 rings (SSSR count). The summed E-state index contributed by atoms with van der Waals surface area (Å²) in [5, 5.41) is 0. The van der Waals surface area contributed by atoms with Gasteiger partial charge in [0.15, 0.2) is 5.43 Å². The number of benzene rings is 2. The van der Waals surface area contributed by atoms with Crippen molar-refractivity contribution in [1.29, 1.82) is 0 Å². The van der Waals surface area contributed by atoms with Crippen LogP contribution >= 0.6 is 0 Å². The van der Waals surface area contributed by atoms with Crippen LogP contribution in [0.1, 0.15) is 0 Å². The van der Waals surface area contributed by atoms with Crippen LogP contribution in [0.2, 0.25) is 0 Å². The normalized spacial score (nSPS) is 10.5. The molecule has 0 aliphatic heterocycles. The molecular weight excluding hydrogens is 274 g/mol. The number of methoxy groups -OCH3 is 1. The minimum absolute atomic E-state index is 0.0365. The van der Waals surface area contributed by atoms with Gasteiger partial charge in [-0.1, -0.05) is 42.5 Å². The van der Waals surface area contributed by atoms with Gasteiger partial charge in [0.25, 0.3) is 0 Å². The van der Waals surface area contributed by atoms with E-state index in [1.54, 1.807) is 7.11 Å². The second kappa shape index (κ2) is 5.90. The average Bonchev–Trinajstić information content (AvgIpc) is 2.57. The minimum atomic E-state index is 0.0365. The number of aromatic nitrogens is 1. The van der Waals surface area contributed by atoms with Gasteiger partial charge in [0.2, 0.25) is 0 Å². The van der Waals surface area contributed by atoms with Crippen molar-refractivity contribution < 1.29 is 4.74 Å². The van der Waals surface area contributed by atoms with Gasteiger partial charge in [0, 0.05) is 30.6 Å². The van der Waals surface area contributed by atoms with E-state index in [1.807, 2.05) is 78.6 Å². The first kappa shape index (κ1) is 14.1. The molecule has 3 aromatic rings. The lowest BCUT2D eigenvalue weighted by molar-refractivity contribution is 0.415.